The lowest BCUT2D eigenvalue weighted by molar-refractivity contribution is 0.453. The van der Waals surface area contributed by atoms with Crippen LogP contribution in [0.1, 0.15) is 13.8 Å². The van der Waals surface area contributed by atoms with Crippen molar-refractivity contribution in [3.8, 4) is 0 Å². The first-order valence-electron chi connectivity index (χ1n) is 5.96. The van der Waals surface area contributed by atoms with Crippen molar-refractivity contribution in [3.63, 3.8) is 0 Å². The Kier molecular flexibility index (Phi) is 2.82. The van der Waals surface area contributed by atoms with Gasteiger partial charge in [0.05, 0.1) is 22.2 Å². The molecule has 1 aliphatic rings. The number of benzene rings is 1. The van der Waals surface area contributed by atoms with Crippen molar-refractivity contribution in [2.45, 2.75) is 29.5 Å². The number of nitrogens with two attached hydrogens (primary N) is 1. The number of nitrogen functional groups attached to an aromatic ring is 1. The second kappa shape index (κ2) is 4.17. The SMILES string of the molecule is CC(C)P1(=O)c2ccccc2[S+]([O-])c2occ(N)c21. The van der Waals surface area contributed by atoms with E-state index in [1.807, 2.05) is 19.9 Å². The van der Waals surface area contributed by atoms with Crippen molar-refractivity contribution in [1.82, 2.24) is 0 Å². The highest BCUT2D eigenvalue weighted by atomic mass is 32.2. The highest BCUT2D eigenvalue weighted by Gasteiger charge is 2.49. The molecule has 2 atom stereocenters. The zero-order chi connectivity index (χ0) is 13.8. The zero-order valence-electron chi connectivity index (χ0n) is 10.6. The number of anilines is 1. The third-order valence-electron chi connectivity index (χ3n) is 3.41. The molecule has 2 N–H and O–H groups in total. The second-order valence-corrected chi connectivity index (χ2v) is 9.44. The van der Waals surface area contributed by atoms with Crippen LogP contribution in [0.5, 0.6) is 0 Å². The monoisotopic (exact) mass is 295 g/mol. The van der Waals surface area contributed by atoms with Crippen molar-refractivity contribution in [2.75, 3.05) is 5.73 Å². The topological polar surface area (TPSA) is 79.3 Å². The Bertz CT molecular complexity index is 695. The Hall–Kier alpha value is -1.16. The summed E-state index contributed by atoms with van der Waals surface area (Å²) >= 11 is -1.45. The molecule has 0 fully saturated rings. The van der Waals surface area contributed by atoms with E-state index < -0.39 is 18.3 Å². The molecule has 3 rings (SSSR count). The fourth-order valence-corrected chi connectivity index (χ4v) is 7.63. The van der Waals surface area contributed by atoms with E-state index in [1.54, 1.807) is 18.2 Å². The summed E-state index contributed by atoms with van der Waals surface area (Å²) in [4.78, 5) is 0.571. The van der Waals surface area contributed by atoms with Crippen LogP contribution >= 0.6 is 7.14 Å². The van der Waals surface area contributed by atoms with E-state index >= 15 is 0 Å². The molecule has 2 heterocycles. The lowest BCUT2D eigenvalue weighted by Gasteiger charge is -2.28. The average molecular weight is 295 g/mol. The van der Waals surface area contributed by atoms with Gasteiger partial charge in [0, 0.05) is 5.66 Å². The first-order chi connectivity index (χ1) is 8.98. The predicted molar refractivity (Wildman–Crippen MR) is 76.2 cm³/mol. The van der Waals surface area contributed by atoms with E-state index in [0.29, 0.717) is 21.2 Å². The van der Waals surface area contributed by atoms with Gasteiger partial charge < -0.3 is 19.3 Å². The fraction of sp³-hybridized carbons (Fsp3) is 0.231. The highest BCUT2D eigenvalue weighted by Crippen LogP contribution is 2.55. The molecule has 0 aliphatic carbocycles. The minimum atomic E-state index is -2.90. The Balaban J connectivity index is 2.42. The molecular formula is C13H14NO3PS. The van der Waals surface area contributed by atoms with Crippen LogP contribution in [0.15, 0.2) is 44.9 Å². The lowest BCUT2D eigenvalue weighted by atomic mass is 10.4. The Morgan fingerprint density at radius 1 is 1.37 bits per heavy atom. The standard InChI is InChI=1S/C13H14NO3PS/c1-8(2)18(15)10-5-3-4-6-11(10)19(16)13-12(18)9(14)7-17-13/h3-8H,14H2,1-2H3. The molecule has 19 heavy (non-hydrogen) atoms. The first-order valence-corrected chi connectivity index (χ1v) is 8.89. The quantitative estimate of drug-likeness (QED) is 0.645. The third-order valence-corrected chi connectivity index (χ3v) is 8.79. The Labute approximate surface area is 114 Å². The van der Waals surface area contributed by atoms with E-state index in [0.717, 1.165) is 0 Å². The van der Waals surface area contributed by atoms with Crippen LogP contribution in [0.25, 0.3) is 0 Å². The zero-order valence-corrected chi connectivity index (χ0v) is 12.3. The van der Waals surface area contributed by atoms with Gasteiger partial charge in [-0.2, -0.15) is 0 Å². The fourth-order valence-electron chi connectivity index (χ4n) is 2.45. The summed E-state index contributed by atoms with van der Waals surface area (Å²) in [5.41, 5.74) is 6.10. The van der Waals surface area contributed by atoms with Crippen molar-refractivity contribution < 1.29 is 13.5 Å². The number of rotatable bonds is 1. The number of furan rings is 1. The highest BCUT2D eigenvalue weighted by molar-refractivity contribution is 7.95. The third kappa shape index (κ3) is 1.55. The molecule has 1 aromatic heterocycles. The van der Waals surface area contributed by atoms with E-state index in [-0.39, 0.29) is 10.8 Å². The van der Waals surface area contributed by atoms with Gasteiger partial charge in [-0.05, 0) is 12.1 Å². The molecule has 0 bridgehead atoms. The maximum absolute atomic E-state index is 13.5. The van der Waals surface area contributed by atoms with Crippen molar-refractivity contribution in [1.29, 1.82) is 0 Å². The van der Waals surface area contributed by atoms with Gasteiger partial charge in [0.15, 0.2) is 12.0 Å². The van der Waals surface area contributed by atoms with Gasteiger partial charge in [0.25, 0.3) is 0 Å². The van der Waals surface area contributed by atoms with Gasteiger partial charge in [-0.15, -0.1) is 0 Å². The number of fused-ring (bicyclic) bond motifs is 2. The number of hydrogen-bond donors (Lipinski definition) is 1. The van der Waals surface area contributed by atoms with E-state index in [9.17, 15) is 9.12 Å². The molecule has 4 nitrogen and oxygen atoms in total. The van der Waals surface area contributed by atoms with Crippen LogP contribution in [0.3, 0.4) is 0 Å². The van der Waals surface area contributed by atoms with Gasteiger partial charge in [0.1, 0.15) is 11.6 Å². The maximum Gasteiger partial charge on any atom is 0.330 e. The normalized spacial score (nSPS) is 25.2. The van der Waals surface area contributed by atoms with Crippen molar-refractivity contribution in [2.24, 2.45) is 0 Å². The minimum Gasteiger partial charge on any atom is -0.604 e. The number of hydrogen-bond acceptors (Lipinski definition) is 4. The molecule has 2 unspecified atom stereocenters. The largest absolute Gasteiger partial charge is 0.604 e. The van der Waals surface area contributed by atoms with E-state index in [4.69, 9.17) is 10.2 Å². The molecule has 0 saturated heterocycles. The van der Waals surface area contributed by atoms with Crippen LogP contribution in [0.4, 0.5) is 5.69 Å². The molecule has 0 saturated carbocycles. The smallest absolute Gasteiger partial charge is 0.330 e. The lowest BCUT2D eigenvalue weighted by Crippen LogP contribution is -2.34. The van der Waals surface area contributed by atoms with Crippen LogP contribution in [0.2, 0.25) is 0 Å². The average Bonchev–Trinajstić information content (AvgIpc) is 2.79. The van der Waals surface area contributed by atoms with Gasteiger partial charge in [-0.1, -0.05) is 26.0 Å². The molecular weight excluding hydrogens is 281 g/mol. The van der Waals surface area contributed by atoms with E-state index in [1.165, 1.54) is 6.26 Å². The van der Waals surface area contributed by atoms with Crippen molar-refractivity contribution >= 4 is 34.6 Å². The summed E-state index contributed by atoms with van der Waals surface area (Å²) in [7, 11) is -2.90. The Morgan fingerprint density at radius 3 is 2.74 bits per heavy atom. The first kappa shape index (κ1) is 12.9. The summed E-state index contributed by atoms with van der Waals surface area (Å²) in [5, 5.41) is 1.33. The van der Waals surface area contributed by atoms with Crippen molar-refractivity contribution in [3.05, 3.63) is 30.5 Å². The summed E-state index contributed by atoms with van der Waals surface area (Å²) in [6.45, 7) is 3.78. The van der Waals surface area contributed by atoms with Gasteiger partial charge >= 0.3 is 5.09 Å². The van der Waals surface area contributed by atoms with Crippen LogP contribution < -0.4 is 16.3 Å². The summed E-state index contributed by atoms with van der Waals surface area (Å²) in [5.74, 6) is 0. The molecule has 2 aromatic rings. The summed E-state index contributed by atoms with van der Waals surface area (Å²) in [6, 6.07) is 7.12. The molecule has 0 spiro atoms. The van der Waals surface area contributed by atoms with Gasteiger partial charge in [-0.3, -0.25) is 0 Å². The minimum absolute atomic E-state index is 0.121. The van der Waals surface area contributed by atoms with Crippen LogP contribution in [-0.2, 0) is 15.7 Å². The van der Waals surface area contributed by atoms with Crippen LogP contribution in [-0.4, -0.2) is 10.2 Å². The molecule has 6 heteroatoms. The van der Waals surface area contributed by atoms with Gasteiger partial charge in [-0.25, -0.2) is 0 Å². The molecule has 0 amide bonds. The van der Waals surface area contributed by atoms with Crippen LogP contribution in [0, 0.1) is 0 Å². The summed E-state index contributed by atoms with van der Waals surface area (Å²) < 4.78 is 31.3. The molecule has 1 aliphatic heterocycles. The van der Waals surface area contributed by atoms with Gasteiger partial charge in [0.2, 0.25) is 0 Å². The molecule has 100 valence electrons. The maximum atomic E-state index is 13.5. The predicted octanol–water partition coefficient (Wildman–Crippen LogP) is 2.06. The van der Waals surface area contributed by atoms with E-state index in [2.05, 4.69) is 0 Å². The summed E-state index contributed by atoms with van der Waals surface area (Å²) in [6.07, 6.45) is 1.34. The second-order valence-electron chi connectivity index (χ2n) is 4.82. The Morgan fingerprint density at radius 2 is 2.05 bits per heavy atom. The molecule has 0 radical (unpaired) electrons. The molecule has 1 aromatic carbocycles.